The molecule has 0 spiro atoms. The summed E-state index contributed by atoms with van der Waals surface area (Å²) in [4.78, 5) is 13.8. The third-order valence-corrected chi connectivity index (χ3v) is 4.72. The number of carbonyl (C=O) groups is 1. The summed E-state index contributed by atoms with van der Waals surface area (Å²) in [6, 6.07) is 4.76. The summed E-state index contributed by atoms with van der Waals surface area (Å²) in [6.07, 6.45) is 0. The third-order valence-electron chi connectivity index (χ3n) is 3.07. The van der Waals surface area contributed by atoms with Crippen LogP contribution in [0.4, 0.5) is 5.69 Å². The van der Waals surface area contributed by atoms with Gasteiger partial charge >= 0.3 is 0 Å². The Morgan fingerprint density at radius 3 is 2.76 bits per heavy atom. The van der Waals surface area contributed by atoms with Gasteiger partial charge < -0.3 is 9.64 Å². The number of sulfonamides is 1. The average Bonchev–Trinajstić information content (AvgIpc) is 2.49. The van der Waals surface area contributed by atoms with Crippen molar-refractivity contribution in [3.63, 3.8) is 0 Å². The minimum absolute atomic E-state index is 0.0272. The molecule has 0 fully saturated rings. The van der Waals surface area contributed by atoms with Crippen LogP contribution in [0.15, 0.2) is 18.2 Å². The molecule has 0 radical (unpaired) electrons. The number of benzene rings is 1. The zero-order valence-corrected chi connectivity index (χ0v) is 13.2. The Bertz CT molecular complexity index is 640. The Labute approximate surface area is 125 Å². The van der Waals surface area contributed by atoms with E-state index in [1.807, 2.05) is 13.8 Å². The fourth-order valence-electron chi connectivity index (χ4n) is 2.15. The minimum atomic E-state index is -3.42. The van der Waals surface area contributed by atoms with Crippen LogP contribution < -0.4 is 9.46 Å². The van der Waals surface area contributed by atoms with Crippen LogP contribution in [0.2, 0.25) is 0 Å². The monoisotopic (exact) mass is 312 g/mol. The predicted molar refractivity (Wildman–Crippen MR) is 81.1 cm³/mol. The third kappa shape index (κ3) is 3.87. The molecule has 1 aliphatic rings. The second-order valence-corrected chi connectivity index (χ2v) is 7.33. The number of nitrogens with zero attached hydrogens (tertiary/aromatic N) is 1. The lowest BCUT2D eigenvalue weighted by Crippen LogP contribution is -2.28. The fraction of sp³-hybridized carbons (Fsp3) is 0.500. The maximum Gasteiger partial charge on any atom is 0.257 e. The summed E-state index contributed by atoms with van der Waals surface area (Å²) in [5.74, 6) is 0.372. The van der Waals surface area contributed by atoms with Gasteiger partial charge in [0, 0.05) is 12.7 Å². The number of ether oxygens (including phenoxy) is 1. The molecule has 1 amide bonds. The average molecular weight is 312 g/mol. The highest BCUT2D eigenvalue weighted by Gasteiger charge is 2.22. The van der Waals surface area contributed by atoms with E-state index >= 15 is 0 Å². The topological polar surface area (TPSA) is 75.7 Å². The Morgan fingerprint density at radius 2 is 2.10 bits per heavy atom. The van der Waals surface area contributed by atoms with Gasteiger partial charge in [0.05, 0.1) is 17.9 Å². The van der Waals surface area contributed by atoms with E-state index in [0.29, 0.717) is 30.2 Å². The van der Waals surface area contributed by atoms with E-state index in [0.717, 1.165) is 0 Å². The zero-order valence-electron chi connectivity index (χ0n) is 12.4. The number of anilines is 1. The lowest BCUT2D eigenvalue weighted by atomic mass is 10.1. The number of likely N-dealkylation sites (N-methyl/N-ethyl adjacent to an activating group) is 1. The second-order valence-electron chi connectivity index (χ2n) is 5.56. The molecule has 1 aliphatic heterocycles. The molecule has 21 heavy (non-hydrogen) atoms. The largest absolute Gasteiger partial charge is 0.491 e. The van der Waals surface area contributed by atoms with Gasteiger partial charge in [0.25, 0.3) is 5.91 Å². The quantitative estimate of drug-likeness (QED) is 0.915. The molecule has 1 heterocycles. The molecule has 2 rings (SSSR count). The number of hydrogen-bond donors (Lipinski definition) is 1. The molecule has 0 bridgehead atoms. The van der Waals surface area contributed by atoms with Gasteiger partial charge in [-0.2, -0.15) is 0 Å². The van der Waals surface area contributed by atoms with Crippen molar-refractivity contribution in [2.24, 2.45) is 5.92 Å². The first-order chi connectivity index (χ1) is 9.78. The first-order valence-electron chi connectivity index (χ1n) is 6.81. The van der Waals surface area contributed by atoms with E-state index in [2.05, 4.69) is 4.72 Å². The molecule has 0 aromatic heterocycles. The maximum atomic E-state index is 12.2. The first-order valence-corrected chi connectivity index (χ1v) is 8.46. The van der Waals surface area contributed by atoms with Crippen molar-refractivity contribution in [3.8, 4) is 5.75 Å². The van der Waals surface area contributed by atoms with E-state index in [1.165, 1.54) is 6.07 Å². The van der Waals surface area contributed by atoms with Crippen molar-refractivity contribution in [2.75, 3.05) is 30.7 Å². The standard InChI is InChI=1S/C14H20N2O4S/c1-10(2)9-21(18,19)15-11-4-5-13-12(8-11)14(17)16(3)6-7-20-13/h4-5,8,10,15H,6-7,9H2,1-3H3. The van der Waals surface area contributed by atoms with Gasteiger partial charge in [-0.1, -0.05) is 13.8 Å². The second kappa shape index (κ2) is 5.93. The maximum absolute atomic E-state index is 12.2. The Kier molecular flexibility index (Phi) is 4.41. The van der Waals surface area contributed by atoms with Crippen LogP contribution in [0.3, 0.4) is 0 Å². The number of amides is 1. The first kappa shape index (κ1) is 15.6. The molecule has 6 nitrogen and oxygen atoms in total. The lowest BCUT2D eigenvalue weighted by molar-refractivity contribution is 0.0797. The molecule has 0 unspecified atom stereocenters. The number of nitrogens with one attached hydrogen (secondary N) is 1. The number of carbonyl (C=O) groups excluding carboxylic acids is 1. The van der Waals surface area contributed by atoms with Crippen LogP contribution >= 0.6 is 0 Å². The normalized spacial score (nSPS) is 15.4. The molecule has 0 saturated carbocycles. The van der Waals surface area contributed by atoms with Gasteiger partial charge in [0.15, 0.2) is 0 Å². The van der Waals surface area contributed by atoms with E-state index < -0.39 is 10.0 Å². The van der Waals surface area contributed by atoms with E-state index in [9.17, 15) is 13.2 Å². The predicted octanol–water partition coefficient (Wildman–Crippen LogP) is 1.55. The van der Waals surface area contributed by atoms with Gasteiger partial charge in [0.1, 0.15) is 12.4 Å². The number of fused-ring (bicyclic) bond motifs is 1. The molecular weight excluding hydrogens is 292 g/mol. The van der Waals surface area contributed by atoms with E-state index in [-0.39, 0.29) is 17.6 Å². The van der Waals surface area contributed by atoms with Gasteiger partial charge in [-0.3, -0.25) is 9.52 Å². The van der Waals surface area contributed by atoms with Crippen LogP contribution in [0, 0.1) is 5.92 Å². The van der Waals surface area contributed by atoms with Gasteiger partial charge in [-0.25, -0.2) is 8.42 Å². The lowest BCUT2D eigenvalue weighted by Gasteiger charge is -2.14. The summed E-state index contributed by atoms with van der Waals surface area (Å²) in [7, 11) is -1.73. The molecule has 1 aromatic rings. The molecule has 0 saturated heterocycles. The molecule has 1 aromatic carbocycles. The highest BCUT2D eigenvalue weighted by molar-refractivity contribution is 7.92. The summed E-state index contributed by atoms with van der Waals surface area (Å²) >= 11 is 0. The van der Waals surface area contributed by atoms with Crippen molar-refractivity contribution in [1.29, 1.82) is 0 Å². The molecule has 0 aliphatic carbocycles. The van der Waals surface area contributed by atoms with Crippen molar-refractivity contribution in [1.82, 2.24) is 4.90 Å². The van der Waals surface area contributed by atoms with Crippen molar-refractivity contribution in [3.05, 3.63) is 23.8 Å². The van der Waals surface area contributed by atoms with Crippen molar-refractivity contribution in [2.45, 2.75) is 13.8 Å². The van der Waals surface area contributed by atoms with Crippen LogP contribution in [0.5, 0.6) is 5.75 Å². The smallest absolute Gasteiger partial charge is 0.257 e. The molecule has 1 N–H and O–H groups in total. The van der Waals surface area contributed by atoms with Gasteiger partial charge in [-0.15, -0.1) is 0 Å². The van der Waals surface area contributed by atoms with Gasteiger partial charge in [-0.05, 0) is 24.1 Å². The van der Waals surface area contributed by atoms with Crippen LogP contribution in [0.1, 0.15) is 24.2 Å². The van der Waals surface area contributed by atoms with Crippen LogP contribution in [0.25, 0.3) is 0 Å². The molecular formula is C14H20N2O4S. The van der Waals surface area contributed by atoms with Gasteiger partial charge in [0.2, 0.25) is 10.0 Å². The fourth-order valence-corrected chi connectivity index (χ4v) is 3.59. The Balaban J connectivity index is 2.28. The summed E-state index contributed by atoms with van der Waals surface area (Å²) in [5.41, 5.74) is 0.751. The van der Waals surface area contributed by atoms with Crippen LogP contribution in [-0.2, 0) is 10.0 Å². The Hall–Kier alpha value is -1.76. The molecule has 7 heteroatoms. The van der Waals surface area contributed by atoms with E-state index in [4.69, 9.17) is 4.74 Å². The van der Waals surface area contributed by atoms with Crippen molar-refractivity contribution >= 4 is 21.6 Å². The minimum Gasteiger partial charge on any atom is -0.491 e. The highest BCUT2D eigenvalue weighted by atomic mass is 32.2. The highest BCUT2D eigenvalue weighted by Crippen LogP contribution is 2.26. The zero-order chi connectivity index (χ0) is 15.6. The summed E-state index contributed by atoms with van der Waals surface area (Å²) in [6.45, 7) is 4.60. The number of hydrogen-bond acceptors (Lipinski definition) is 4. The summed E-state index contributed by atoms with van der Waals surface area (Å²) in [5, 5.41) is 0. The van der Waals surface area contributed by atoms with Crippen molar-refractivity contribution < 1.29 is 17.9 Å². The van der Waals surface area contributed by atoms with E-state index in [1.54, 1.807) is 24.1 Å². The molecule has 116 valence electrons. The molecule has 0 atom stereocenters. The number of rotatable bonds is 4. The summed E-state index contributed by atoms with van der Waals surface area (Å²) < 4.78 is 31.9. The SMILES string of the molecule is CC(C)CS(=O)(=O)Nc1ccc2c(c1)C(=O)N(C)CCO2. The Morgan fingerprint density at radius 1 is 1.38 bits per heavy atom. The van der Waals surface area contributed by atoms with Crippen LogP contribution in [-0.4, -0.2) is 45.2 Å².